The van der Waals surface area contributed by atoms with E-state index in [-0.39, 0.29) is 29.9 Å². The van der Waals surface area contributed by atoms with E-state index in [4.69, 9.17) is 16.3 Å². The van der Waals surface area contributed by atoms with E-state index >= 15 is 0 Å². The van der Waals surface area contributed by atoms with E-state index < -0.39 is 27.3 Å². The minimum Gasteiger partial charge on any atom is -0.468 e. The van der Waals surface area contributed by atoms with Crippen LogP contribution in [0.1, 0.15) is 41.3 Å². The number of nitrogens with one attached hydrogen (secondary N) is 1. The molecule has 0 bridgehead atoms. The summed E-state index contributed by atoms with van der Waals surface area (Å²) in [6.07, 6.45) is 1.14. The van der Waals surface area contributed by atoms with Crippen LogP contribution in [0.2, 0.25) is 5.02 Å². The fraction of sp³-hybridized carbons (Fsp3) is 0.333. The van der Waals surface area contributed by atoms with Crippen molar-refractivity contribution in [3.63, 3.8) is 0 Å². The van der Waals surface area contributed by atoms with E-state index in [0.717, 1.165) is 23.3 Å². The van der Waals surface area contributed by atoms with Crippen LogP contribution in [-0.4, -0.2) is 58.0 Å². The molecule has 11 heteroatoms. The lowest BCUT2D eigenvalue weighted by molar-refractivity contribution is -0.142. The summed E-state index contributed by atoms with van der Waals surface area (Å²) in [5, 5.41) is 3.46. The molecule has 41 heavy (non-hydrogen) atoms. The van der Waals surface area contributed by atoms with Crippen LogP contribution in [0.3, 0.4) is 0 Å². The maximum absolute atomic E-state index is 13.9. The highest BCUT2D eigenvalue weighted by Gasteiger charge is 2.53. The SMILES string of the molecule is COC(=O)CN1CCC2(CC1)c1cc(C(=O)NCc3ccccc3Cl)ccc1N(S(=O)(=O)c1ccc(F)cc1)C2C. The Morgan fingerprint density at radius 1 is 1.07 bits per heavy atom. The first-order valence-electron chi connectivity index (χ1n) is 13.3. The zero-order chi connectivity index (χ0) is 29.4. The normalized spacial score (nSPS) is 18.2. The zero-order valence-electron chi connectivity index (χ0n) is 22.8. The molecule has 216 valence electrons. The molecule has 0 aliphatic carbocycles. The van der Waals surface area contributed by atoms with E-state index in [0.29, 0.717) is 42.2 Å². The third kappa shape index (κ3) is 5.43. The van der Waals surface area contributed by atoms with Crippen molar-refractivity contribution in [2.75, 3.05) is 31.0 Å². The largest absolute Gasteiger partial charge is 0.468 e. The summed E-state index contributed by atoms with van der Waals surface area (Å²) in [5.74, 6) is -1.17. The topological polar surface area (TPSA) is 96.0 Å². The Hall–Kier alpha value is -3.47. The molecule has 0 aromatic heterocycles. The van der Waals surface area contributed by atoms with Gasteiger partial charge in [0.1, 0.15) is 5.82 Å². The Bertz CT molecular complexity index is 1570. The minimum atomic E-state index is -4.05. The van der Waals surface area contributed by atoms with Crippen molar-refractivity contribution in [1.29, 1.82) is 0 Å². The number of methoxy groups -OCH3 is 1. The smallest absolute Gasteiger partial charge is 0.319 e. The van der Waals surface area contributed by atoms with Gasteiger partial charge in [-0.15, -0.1) is 0 Å². The van der Waals surface area contributed by atoms with Gasteiger partial charge in [-0.05, 0) is 92.5 Å². The van der Waals surface area contributed by atoms with Gasteiger partial charge in [0, 0.05) is 22.5 Å². The first-order valence-corrected chi connectivity index (χ1v) is 15.1. The molecule has 2 aliphatic heterocycles. The molecular formula is C30H31ClFN3O5S. The van der Waals surface area contributed by atoms with Crippen LogP contribution in [0.25, 0.3) is 0 Å². The van der Waals surface area contributed by atoms with Crippen LogP contribution in [-0.2, 0) is 31.5 Å². The molecular weight excluding hydrogens is 569 g/mol. The lowest BCUT2D eigenvalue weighted by atomic mass is 9.70. The fourth-order valence-electron chi connectivity index (χ4n) is 5.95. The molecule has 1 N–H and O–H groups in total. The quantitative estimate of drug-likeness (QED) is 0.402. The number of rotatable bonds is 7. The lowest BCUT2D eigenvalue weighted by Gasteiger charge is -2.43. The summed E-state index contributed by atoms with van der Waals surface area (Å²) in [5.41, 5.74) is 1.84. The predicted molar refractivity (Wildman–Crippen MR) is 154 cm³/mol. The van der Waals surface area contributed by atoms with Gasteiger partial charge in [0.15, 0.2) is 0 Å². The Balaban J connectivity index is 1.50. The van der Waals surface area contributed by atoms with Crippen molar-refractivity contribution in [3.05, 3.63) is 94.3 Å². The third-order valence-corrected chi connectivity index (χ3v) is 10.5. The number of nitrogens with zero attached hydrogens (tertiary/aromatic N) is 2. The maximum atomic E-state index is 13.9. The van der Waals surface area contributed by atoms with Crippen molar-refractivity contribution in [2.24, 2.45) is 0 Å². The second-order valence-electron chi connectivity index (χ2n) is 10.4. The van der Waals surface area contributed by atoms with Gasteiger partial charge in [-0.1, -0.05) is 29.8 Å². The van der Waals surface area contributed by atoms with Gasteiger partial charge < -0.3 is 10.1 Å². The van der Waals surface area contributed by atoms with Gasteiger partial charge in [-0.2, -0.15) is 0 Å². The van der Waals surface area contributed by atoms with E-state index in [1.807, 2.05) is 30.0 Å². The minimum absolute atomic E-state index is 0.0153. The highest BCUT2D eigenvalue weighted by molar-refractivity contribution is 7.92. The number of carbonyl (C=O) groups is 2. The number of hydrogen-bond acceptors (Lipinski definition) is 6. The van der Waals surface area contributed by atoms with E-state index in [2.05, 4.69) is 5.32 Å². The summed E-state index contributed by atoms with van der Waals surface area (Å²) in [6, 6.07) is 16.6. The van der Waals surface area contributed by atoms with Crippen LogP contribution in [0.4, 0.5) is 10.1 Å². The summed E-state index contributed by atoms with van der Waals surface area (Å²) >= 11 is 6.25. The van der Waals surface area contributed by atoms with E-state index in [1.165, 1.54) is 23.5 Å². The van der Waals surface area contributed by atoms with Crippen LogP contribution >= 0.6 is 11.6 Å². The van der Waals surface area contributed by atoms with Gasteiger partial charge >= 0.3 is 5.97 Å². The molecule has 0 radical (unpaired) electrons. The number of benzene rings is 3. The molecule has 1 saturated heterocycles. The van der Waals surface area contributed by atoms with Crippen molar-refractivity contribution >= 4 is 39.2 Å². The number of hydrogen-bond donors (Lipinski definition) is 1. The average Bonchev–Trinajstić information content (AvgIpc) is 3.20. The highest BCUT2D eigenvalue weighted by Crippen LogP contribution is 2.53. The second-order valence-corrected chi connectivity index (χ2v) is 12.7. The number of halogens is 2. The Labute approximate surface area is 244 Å². The van der Waals surface area contributed by atoms with Crippen molar-refractivity contribution in [2.45, 2.75) is 42.7 Å². The number of sulfonamides is 1. The molecule has 0 saturated carbocycles. The standard InChI is InChI=1S/C30H31ClFN3O5S/c1-20-30(13-15-34(16-14-30)19-28(36)40-2)25-17-21(29(37)33-18-22-5-3-4-6-26(22)31)7-12-27(25)35(20)41(38,39)24-10-8-23(32)9-11-24/h3-12,17,20H,13-16,18-19H2,1-2H3,(H,33,37). The Morgan fingerprint density at radius 3 is 2.41 bits per heavy atom. The molecule has 1 amide bonds. The fourth-order valence-corrected chi connectivity index (χ4v) is 7.89. The van der Waals surface area contributed by atoms with Crippen LogP contribution in [0, 0.1) is 5.82 Å². The third-order valence-electron chi connectivity index (χ3n) is 8.28. The Morgan fingerprint density at radius 2 is 1.76 bits per heavy atom. The molecule has 2 heterocycles. The first kappa shape index (κ1) is 29.0. The van der Waals surface area contributed by atoms with Gasteiger partial charge in [-0.3, -0.25) is 18.8 Å². The van der Waals surface area contributed by atoms with Gasteiger partial charge in [-0.25, -0.2) is 12.8 Å². The number of piperidine rings is 1. The van der Waals surface area contributed by atoms with Crippen molar-refractivity contribution < 1.29 is 27.1 Å². The molecule has 5 rings (SSSR count). The number of carbonyl (C=O) groups excluding carboxylic acids is 2. The number of esters is 1. The summed E-state index contributed by atoms with van der Waals surface area (Å²) < 4.78 is 47.7. The number of ether oxygens (including phenoxy) is 1. The van der Waals surface area contributed by atoms with E-state index in [9.17, 15) is 22.4 Å². The van der Waals surface area contributed by atoms with Crippen LogP contribution in [0.15, 0.2) is 71.6 Å². The second kappa shape index (κ2) is 11.4. The first-order chi connectivity index (χ1) is 19.6. The highest BCUT2D eigenvalue weighted by atomic mass is 35.5. The lowest BCUT2D eigenvalue weighted by Crippen LogP contribution is -2.52. The van der Waals surface area contributed by atoms with Crippen molar-refractivity contribution in [1.82, 2.24) is 10.2 Å². The van der Waals surface area contributed by atoms with Crippen LogP contribution in [0.5, 0.6) is 0 Å². The predicted octanol–water partition coefficient (Wildman–Crippen LogP) is 4.51. The summed E-state index contributed by atoms with van der Waals surface area (Å²) in [4.78, 5) is 27.1. The maximum Gasteiger partial charge on any atom is 0.319 e. The average molecular weight is 600 g/mol. The summed E-state index contributed by atoms with van der Waals surface area (Å²) in [6.45, 7) is 3.35. The van der Waals surface area contributed by atoms with Crippen LogP contribution < -0.4 is 9.62 Å². The van der Waals surface area contributed by atoms with E-state index in [1.54, 1.807) is 24.3 Å². The molecule has 1 spiro atoms. The van der Waals surface area contributed by atoms with Gasteiger partial charge in [0.25, 0.3) is 15.9 Å². The van der Waals surface area contributed by atoms with Crippen molar-refractivity contribution in [3.8, 4) is 0 Å². The van der Waals surface area contributed by atoms with Gasteiger partial charge in [0.05, 0.1) is 30.3 Å². The van der Waals surface area contributed by atoms with Gasteiger partial charge in [0.2, 0.25) is 0 Å². The number of likely N-dealkylation sites (tertiary alicyclic amines) is 1. The molecule has 1 atom stereocenters. The zero-order valence-corrected chi connectivity index (χ0v) is 24.3. The molecule has 1 unspecified atom stereocenters. The summed E-state index contributed by atoms with van der Waals surface area (Å²) in [7, 11) is -2.70. The monoisotopic (exact) mass is 599 g/mol. The molecule has 1 fully saturated rings. The molecule has 2 aliphatic rings. The molecule has 3 aromatic rings. The number of amides is 1. The Kier molecular flexibility index (Phi) is 8.09. The molecule has 8 nitrogen and oxygen atoms in total. The number of anilines is 1. The molecule has 3 aromatic carbocycles. The number of fused-ring (bicyclic) bond motifs is 2.